The highest BCUT2D eigenvalue weighted by Crippen LogP contribution is 2.38. The summed E-state index contributed by atoms with van der Waals surface area (Å²) in [6.45, 7) is 1.84. The van der Waals surface area contributed by atoms with Gasteiger partial charge in [0.25, 0.3) is 5.91 Å². The number of hydrogen-bond acceptors (Lipinski definition) is 4. The fourth-order valence-corrected chi connectivity index (χ4v) is 3.45. The highest BCUT2D eigenvalue weighted by Gasteiger charge is 2.32. The molecule has 1 amide bonds. The Morgan fingerprint density at radius 3 is 2.83 bits per heavy atom. The third-order valence-electron chi connectivity index (χ3n) is 4.41. The Labute approximate surface area is 145 Å². The van der Waals surface area contributed by atoms with Gasteiger partial charge in [-0.2, -0.15) is 0 Å². The van der Waals surface area contributed by atoms with Crippen molar-refractivity contribution in [2.45, 2.75) is 18.9 Å². The van der Waals surface area contributed by atoms with Crippen LogP contribution < -0.4 is 9.47 Å². The number of fused-ring (bicyclic) bond motifs is 1. The number of halogens is 1. The second-order valence-corrected chi connectivity index (χ2v) is 6.36. The molecule has 4 rings (SSSR count). The van der Waals surface area contributed by atoms with Crippen molar-refractivity contribution in [1.82, 2.24) is 9.88 Å². The molecule has 24 heavy (non-hydrogen) atoms. The van der Waals surface area contributed by atoms with Crippen molar-refractivity contribution in [2.24, 2.45) is 0 Å². The molecule has 0 bridgehead atoms. The smallest absolute Gasteiger partial charge is 0.273 e. The van der Waals surface area contributed by atoms with E-state index >= 15 is 0 Å². The van der Waals surface area contributed by atoms with Crippen LogP contribution in [0.4, 0.5) is 0 Å². The summed E-state index contributed by atoms with van der Waals surface area (Å²) in [5, 5.41) is 0.517. The maximum absolute atomic E-state index is 12.8. The molecule has 2 aromatic rings. The highest BCUT2D eigenvalue weighted by atomic mass is 35.5. The number of ether oxygens (including phenoxy) is 2. The first-order chi connectivity index (χ1) is 11.7. The number of likely N-dealkylation sites (tertiary alicyclic amines) is 1. The van der Waals surface area contributed by atoms with E-state index in [0.717, 1.165) is 29.9 Å². The molecule has 0 saturated carbocycles. The molecule has 6 heteroatoms. The fourth-order valence-electron chi connectivity index (χ4n) is 3.29. The van der Waals surface area contributed by atoms with Crippen LogP contribution in [-0.2, 0) is 0 Å². The predicted molar refractivity (Wildman–Crippen MR) is 89.7 cm³/mol. The van der Waals surface area contributed by atoms with Crippen molar-refractivity contribution in [3.8, 4) is 11.5 Å². The summed E-state index contributed by atoms with van der Waals surface area (Å²) in [6, 6.07) is 9.21. The van der Waals surface area contributed by atoms with E-state index in [9.17, 15) is 4.79 Å². The van der Waals surface area contributed by atoms with Crippen LogP contribution in [0.25, 0.3) is 0 Å². The normalized spacial score (nSPS) is 19.4. The van der Waals surface area contributed by atoms with Crippen LogP contribution in [0, 0.1) is 0 Å². The summed E-state index contributed by atoms with van der Waals surface area (Å²) in [5.74, 6) is 1.42. The van der Waals surface area contributed by atoms with E-state index in [2.05, 4.69) is 4.98 Å². The Bertz CT molecular complexity index is 781. The van der Waals surface area contributed by atoms with Crippen LogP contribution in [0.3, 0.4) is 0 Å². The summed E-state index contributed by atoms with van der Waals surface area (Å²) >= 11 is 5.99. The molecule has 2 aliphatic rings. The largest absolute Gasteiger partial charge is 0.486 e. The van der Waals surface area contributed by atoms with E-state index in [0.29, 0.717) is 30.5 Å². The molecular weight excluding hydrogens is 328 g/mol. The molecule has 1 aromatic heterocycles. The predicted octanol–water partition coefficient (Wildman–Crippen LogP) is 3.48. The van der Waals surface area contributed by atoms with Crippen LogP contribution in [-0.4, -0.2) is 35.5 Å². The lowest BCUT2D eigenvalue weighted by Gasteiger charge is -2.26. The zero-order valence-electron chi connectivity index (χ0n) is 13.1. The number of carbonyl (C=O) groups is 1. The highest BCUT2D eigenvalue weighted by molar-refractivity contribution is 6.30. The summed E-state index contributed by atoms with van der Waals surface area (Å²) in [7, 11) is 0. The van der Waals surface area contributed by atoms with Gasteiger partial charge in [0.1, 0.15) is 18.9 Å². The van der Waals surface area contributed by atoms with E-state index in [1.807, 2.05) is 23.1 Å². The standard InChI is InChI=1S/C18H17ClN2O3/c19-13-5-6-20-14(11-13)18(22)21-7-1-2-15(21)12-3-4-16-17(10-12)24-9-8-23-16/h3-6,10-11,15H,1-2,7-9H2/t15-/m1/s1. The topological polar surface area (TPSA) is 51.7 Å². The number of amides is 1. The molecule has 5 nitrogen and oxygen atoms in total. The van der Waals surface area contributed by atoms with Gasteiger partial charge in [-0.3, -0.25) is 9.78 Å². The maximum Gasteiger partial charge on any atom is 0.273 e. The van der Waals surface area contributed by atoms with Gasteiger partial charge in [0.2, 0.25) is 0 Å². The van der Waals surface area contributed by atoms with Crippen LogP contribution >= 0.6 is 11.6 Å². The zero-order valence-corrected chi connectivity index (χ0v) is 13.8. The minimum absolute atomic E-state index is 0.0223. The van der Waals surface area contributed by atoms with Crippen LogP contribution in [0.15, 0.2) is 36.5 Å². The van der Waals surface area contributed by atoms with Crippen molar-refractivity contribution in [1.29, 1.82) is 0 Å². The molecule has 0 N–H and O–H groups in total. The average molecular weight is 345 g/mol. The lowest BCUT2D eigenvalue weighted by atomic mass is 10.0. The second kappa shape index (κ2) is 6.32. The summed E-state index contributed by atoms with van der Waals surface area (Å²) in [4.78, 5) is 18.8. The summed E-state index contributed by atoms with van der Waals surface area (Å²) < 4.78 is 11.2. The number of nitrogens with zero attached hydrogens (tertiary/aromatic N) is 2. The number of aromatic nitrogens is 1. The van der Waals surface area contributed by atoms with Crippen molar-refractivity contribution >= 4 is 17.5 Å². The number of carbonyl (C=O) groups excluding carboxylic acids is 1. The molecule has 124 valence electrons. The molecule has 0 aliphatic carbocycles. The van der Waals surface area contributed by atoms with Gasteiger partial charge in [0.05, 0.1) is 6.04 Å². The van der Waals surface area contributed by atoms with Gasteiger partial charge in [-0.25, -0.2) is 0 Å². The SMILES string of the molecule is O=C(c1cc(Cl)ccn1)N1CCC[C@@H]1c1ccc2c(c1)OCCO2. The number of pyridine rings is 1. The molecule has 1 saturated heterocycles. The fraction of sp³-hybridized carbons (Fsp3) is 0.333. The molecule has 1 aromatic carbocycles. The minimum Gasteiger partial charge on any atom is -0.486 e. The van der Waals surface area contributed by atoms with E-state index in [-0.39, 0.29) is 11.9 Å². The van der Waals surface area contributed by atoms with Gasteiger partial charge >= 0.3 is 0 Å². The van der Waals surface area contributed by atoms with Gasteiger partial charge in [-0.15, -0.1) is 0 Å². The second-order valence-electron chi connectivity index (χ2n) is 5.92. The Morgan fingerprint density at radius 2 is 2.00 bits per heavy atom. The van der Waals surface area contributed by atoms with Crippen molar-refractivity contribution in [3.05, 3.63) is 52.8 Å². The van der Waals surface area contributed by atoms with Crippen LogP contribution in [0.5, 0.6) is 11.5 Å². The molecule has 0 radical (unpaired) electrons. The minimum atomic E-state index is -0.0881. The zero-order chi connectivity index (χ0) is 16.5. The number of hydrogen-bond donors (Lipinski definition) is 0. The Morgan fingerprint density at radius 1 is 1.17 bits per heavy atom. The molecule has 1 atom stereocenters. The van der Waals surface area contributed by atoms with E-state index in [1.165, 1.54) is 0 Å². The first kappa shape index (κ1) is 15.3. The van der Waals surface area contributed by atoms with E-state index in [4.69, 9.17) is 21.1 Å². The van der Waals surface area contributed by atoms with Gasteiger partial charge in [-0.05, 0) is 42.7 Å². The first-order valence-corrected chi connectivity index (χ1v) is 8.42. The summed E-state index contributed by atoms with van der Waals surface area (Å²) in [5.41, 5.74) is 1.44. The molecular formula is C18H17ClN2O3. The third kappa shape index (κ3) is 2.80. The van der Waals surface area contributed by atoms with Crippen LogP contribution in [0.2, 0.25) is 5.02 Å². The van der Waals surface area contributed by atoms with E-state index < -0.39 is 0 Å². The number of benzene rings is 1. The molecule has 2 aliphatic heterocycles. The quantitative estimate of drug-likeness (QED) is 0.837. The molecule has 1 fully saturated rings. The third-order valence-corrected chi connectivity index (χ3v) is 4.64. The number of rotatable bonds is 2. The lowest BCUT2D eigenvalue weighted by Crippen LogP contribution is -2.31. The monoisotopic (exact) mass is 344 g/mol. The Kier molecular flexibility index (Phi) is 4.02. The van der Waals surface area contributed by atoms with Gasteiger partial charge in [0, 0.05) is 17.8 Å². The Balaban J connectivity index is 1.62. The summed E-state index contributed by atoms with van der Waals surface area (Å²) in [6.07, 6.45) is 3.45. The van der Waals surface area contributed by atoms with Crippen LogP contribution in [0.1, 0.15) is 34.9 Å². The van der Waals surface area contributed by atoms with Crippen molar-refractivity contribution in [3.63, 3.8) is 0 Å². The van der Waals surface area contributed by atoms with E-state index in [1.54, 1.807) is 18.3 Å². The van der Waals surface area contributed by atoms with Gasteiger partial charge in [0.15, 0.2) is 11.5 Å². The van der Waals surface area contributed by atoms with Crippen molar-refractivity contribution in [2.75, 3.05) is 19.8 Å². The molecule has 0 unspecified atom stereocenters. The average Bonchev–Trinajstić information content (AvgIpc) is 3.10. The van der Waals surface area contributed by atoms with Gasteiger partial charge < -0.3 is 14.4 Å². The van der Waals surface area contributed by atoms with Gasteiger partial charge in [-0.1, -0.05) is 17.7 Å². The van der Waals surface area contributed by atoms with Crippen molar-refractivity contribution < 1.29 is 14.3 Å². The molecule has 0 spiro atoms. The molecule has 3 heterocycles. The lowest BCUT2D eigenvalue weighted by molar-refractivity contribution is 0.0729. The Hall–Kier alpha value is -2.27. The maximum atomic E-state index is 12.8. The first-order valence-electron chi connectivity index (χ1n) is 8.04.